The molecule has 5 aromatic heterocycles. The zero-order chi connectivity index (χ0) is 37.1. The number of piperazine rings is 1. The van der Waals surface area contributed by atoms with E-state index in [2.05, 4.69) is 63.4 Å². The molecule has 8 heterocycles. The smallest absolute Gasteiger partial charge is 0.268 e. The highest BCUT2D eigenvalue weighted by Gasteiger charge is 2.38. The van der Waals surface area contributed by atoms with E-state index in [1.165, 1.54) is 12.6 Å². The SMILES string of the molecule is CN1CCN(c2ccc(Nc3ncc4cc5n(c4n3)[C@H]3CCCC[C@@H]3NC5=O)nc2)CC1.CS(=O)(=O)c1ncc2cc3n(c2n1)[C@H]1CCCC[C@@H]1NC3=O. The number of nitrogens with zero attached hydrogens (tertiary/aromatic N) is 9. The predicted molar refractivity (Wildman–Crippen MR) is 203 cm³/mol. The number of hydrogen-bond donors (Lipinski definition) is 3. The molecule has 1 saturated heterocycles. The molecule has 5 aromatic rings. The van der Waals surface area contributed by atoms with Crippen molar-refractivity contribution in [3.63, 3.8) is 0 Å². The molecular formula is C37H44N12O4S. The Bertz CT molecular complexity index is 2370. The minimum atomic E-state index is -3.48. The number of hydrogen-bond acceptors (Lipinski definition) is 12. The van der Waals surface area contributed by atoms with Gasteiger partial charge in [0.2, 0.25) is 20.9 Å². The second-order valence-electron chi connectivity index (χ2n) is 15.2. The molecule has 16 nitrogen and oxygen atoms in total. The third-order valence-electron chi connectivity index (χ3n) is 11.5. The highest BCUT2D eigenvalue weighted by atomic mass is 32.2. The van der Waals surface area contributed by atoms with E-state index in [0.29, 0.717) is 34.2 Å². The monoisotopic (exact) mass is 752 g/mol. The number of rotatable bonds is 4. The molecule has 0 radical (unpaired) electrons. The zero-order valence-electron chi connectivity index (χ0n) is 30.4. The normalized spacial score (nSPS) is 24.0. The van der Waals surface area contributed by atoms with Crippen molar-refractivity contribution in [3.8, 4) is 0 Å². The first-order valence-corrected chi connectivity index (χ1v) is 20.7. The van der Waals surface area contributed by atoms with Gasteiger partial charge in [-0.2, -0.15) is 9.97 Å². The Morgan fingerprint density at radius 2 is 1.30 bits per heavy atom. The van der Waals surface area contributed by atoms with Crippen molar-refractivity contribution in [3.05, 3.63) is 54.2 Å². The summed E-state index contributed by atoms with van der Waals surface area (Å²) in [6, 6.07) is 8.40. The van der Waals surface area contributed by atoms with Gasteiger partial charge in [-0.1, -0.05) is 25.7 Å². The van der Waals surface area contributed by atoms with E-state index in [1.54, 1.807) is 12.3 Å². The van der Waals surface area contributed by atoms with Crippen molar-refractivity contribution in [2.75, 3.05) is 49.7 Å². The predicted octanol–water partition coefficient (Wildman–Crippen LogP) is 3.61. The number of anilines is 3. The maximum absolute atomic E-state index is 12.7. The van der Waals surface area contributed by atoms with Crippen molar-refractivity contribution >= 4 is 61.2 Å². The van der Waals surface area contributed by atoms with Gasteiger partial charge >= 0.3 is 0 Å². The summed E-state index contributed by atoms with van der Waals surface area (Å²) in [5.74, 6) is 1.07. The van der Waals surface area contributed by atoms with E-state index in [4.69, 9.17) is 4.98 Å². The highest BCUT2D eigenvalue weighted by Crippen LogP contribution is 2.38. The van der Waals surface area contributed by atoms with Crippen LogP contribution in [0.2, 0.25) is 0 Å². The van der Waals surface area contributed by atoms with E-state index < -0.39 is 9.84 Å². The summed E-state index contributed by atoms with van der Waals surface area (Å²) in [6.45, 7) is 4.16. The Balaban J connectivity index is 0.000000153. The van der Waals surface area contributed by atoms with E-state index in [9.17, 15) is 18.0 Å². The quantitative estimate of drug-likeness (QED) is 0.227. The van der Waals surface area contributed by atoms with Crippen LogP contribution in [0.1, 0.15) is 84.4 Å². The van der Waals surface area contributed by atoms with E-state index in [-0.39, 0.29) is 41.1 Å². The lowest BCUT2D eigenvalue weighted by Gasteiger charge is -2.38. The Kier molecular flexibility index (Phi) is 8.72. The second-order valence-corrected chi connectivity index (χ2v) is 17.1. The van der Waals surface area contributed by atoms with Gasteiger partial charge in [-0.3, -0.25) is 9.59 Å². The summed E-state index contributed by atoms with van der Waals surface area (Å²) in [5.41, 5.74) is 3.72. The molecule has 5 aliphatic rings. The van der Waals surface area contributed by atoms with Crippen molar-refractivity contribution in [2.24, 2.45) is 0 Å². The summed E-state index contributed by atoms with van der Waals surface area (Å²) in [5, 5.41) is 10.9. The molecule has 3 N–H and O–H groups in total. The molecule has 0 spiro atoms. The fourth-order valence-electron chi connectivity index (χ4n) is 8.75. The summed E-state index contributed by atoms with van der Waals surface area (Å²) in [6.07, 6.45) is 14.8. The van der Waals surface area contributed by atoms with E-state index in [0.717, 1.165) is 94.1 Å². The lowest BCUT2D eigenvalue weighted by molar-refractivity contribution is 0.0847. The Labute approximate surface area is 312 Å². The average molecular weight is 753 g/mol. The molecule has 3 aliphatic heterocycles. The number of likely N-dealkylation sites (N-methyl/N-ethyl adjacent to an activating group) is 1. The molecule has 3 fully saturated rings. The summed E-state index contributed by atoms with van der Waals surface area (Å²) < 4.78 is 27.4. The van der Waals surface area contributed by atoms with Crippen LogP contribution in [0.4, 0.5) is 17.5 Å². The van der Waals surface area contributed by atoms with Gasteiger partial charge in [0.25, 0.3) is 11.8 Å². The first-order chi connectivity index (χ1) is 26.1. The number of fused-ring (bicyclic) bond motifs is 10. The topological polar surface area (TPSA) is 185 Å². The third-order valence-corrected chi connectivity index (χ3v) is 12.4. The van der Waals surface area contributed by atoms with Gasteiger partial charge in [-0.15, -0.1) is 0 Å². The van der Waals surface area contributed by atoms with Crippen LogP contribution in [-0.4, -0.2) is 111 Å². The number of amides is 2. The van der Waals surface area contributed by atoms with E-state index in [1.807, 2.05) is 22.9 Å². The molecule has 282 valence electrons. The molecule has 4 atom stereocenters. The molecule has 2 aliphatic carbocycles. The van der Waals surface area contributed by atoms with Crippen molar-refractivity contribution in [1.82, 2.24) is 49.6 Å². The maximum atomic E-state index is 12.7. The molecule has 0 aromatic carbocycles. The molecule has 2 saturated carbocycles. The van der Waals surface area contributed by atoms with Gasteiger partial charge in [-0.05, 0) is 57.0 Å². The van der Waals surface area contributed by atoms with Gasteiger partial charge < -0.3 is 34.9 Å². The number of carbonyl (C=O) groups excluding carboxylic acids is 2. The van der Waals surface area contributed by atoms with Gasteiger partial charge in [0.1, 0.15) is 28.5 Å². The molecule has 0 unspecified atom stereocenters. The Morgan fingerprint density at radius 3 is 1.87 bits per heavy atom. The van der Waals surface area contributed by atoms with Crippen molar-refractivity contribution < 1.29 is 18.0 Å². The first-order valence-electron chi connectivity index (χ1n) is 18.8. The summed E-state index contributed by atoms with van der Waals surface area (Å²) in [7, 11) is -1.32. The number of sulfone groups is 1. The zero-order valence-corrected chi connectivity index (χ0v) is 31.2. The van der Waals surface area contributed by atoms with Gasteiger partial charge in [-0.25, -0.2) is 23.4 Å². The van der Waals surface area contributed by atoms with Crippen LogP contribution in [-0.2, 0) is 9.84 Å². The molecule has 17 heteroatoms. The van der Waals surface area contributed by atoms with Gasteiger partial charge in [0, 0.05) is 67.7 Å². The maximum Gasteiger partial charge on any atom is 0.268 e. The molecule has 0 bridgehead atoms. The lowest BCUT2D eigenvalue weighted by atomic mass is 9.88. The Morgan fingerprint density at radius 1 is 0.722 bits per heavy atom. The highest BCUT2D eigenvalue weighted by molar-refractivity contribution is 7.90. The van der Waals surface area contributed by atoms with Crippen LogP contribution < -0.4 is 20.9 Å². The largest absolute Gasteiger partial charge is 0.368 e. The minimum Gasteiger partial charge on any atom is -0.368 e. The Hall–Kier alpha value is -5.16. The molecule has 2 amide bonds. The molecule has 54 heavy (non-hydrogen) atoms. The second kappa shape index (κ2) is 13.6. The van der Waals surface area contributed by atoms with Crippen LogP contribution >= 0.6 is 0 Å². The summed E-state index contributed by atoms with van der Waals surface area (Å²) in [4.78, 5) is 51.6. The van der Waals surface area contributed by atoms with Gasteiger partial charge in [0.05, 0.1) is 24.0 Å². The average Bonchev–Trinajstić information content (AvgIpc) is 3.76. The standard InChI is InChI=1S/C23H28N8O.C14H16N4O3S/c1-29-8-10-30(11-9-29)16-6-7-20(24-14-16)27-23-25-13-15-12-19-22(32)26-17-4-2-3-5-18(17)31(19)21(15)28-23;1-22(20,21)14-15-7-8-6-11-13(19)16-9-4-2-3-5-10(9)18(11)12(8)17-14/h6-7,12-14,17-18H,2-5,8-11H2,1H3,(H,26,32)(H,24,25,27,28);6-7,9-10H,2-5H2,1H3,(H,16,19)/t17-,18-;9-,10-/m00/s1. The lowest BCUT2D eigenvalue weighted by Crippen LogP contribution is -2.48. The fraction of sp³-hybridized carbons (Fsp3) is 0.486. The summed E-state index contributed by atoms with van der Waals surface area (Å²) >= 11 is 0. The van der Waals surface area contributed by atoms with Crippen LogP contribution in [0.3, 0.4) is 0 Å². The van der Waals surface area contributed by atoms with Crippen molar-refractivity contribution in [1.29, 1.82) is 0 Å². The fourth-order valence-corrected chi connectivity index (χ4v) is 9.25. The van der Waals surface area contributed by atoms with Gasteiger partial charge in [0.15, 0.2) is 0 Å². The molecule has 10 rings (SSSR count). The van der Waals surface area contributed by atoms with Crippen LogP contribution in [0.15, 0.2) is 48.0 Å². The first kappa shape index (κ1) is 34.6. The van der Waals surface area contributed by atoms with Crippen LogP contribution in [0.5, 0.6) is 0 Å². The van der Waals surface area contributed by atoms with E-state index >= 15 is 0 Å². The van der Waals surface area contributed by atoms with Crippen molar-refractivity contribution in [2.45, 2.75) is 80.7 Å². The number of carbonyl (C=O) groups is 2. The van der Waals surface area contributed by atoms with Crippen LogP contribution in [0, 0.1) is 0 Å². The number of pyridine rings is 1. The third kappa shape index (κ3) is 6.32. The molecular weight excluding hydrogens is 709 g/mol. The number of nitrogens with one attached hydrogen (secondary N) is 3. The number of aromatic nitrogens is 7. The van der Waals surface area contributed by atoms with Crippen LogP contribution in [0.25, 0.3) is 22.1 Å². The minimum absolute atomic E-state index is 0.0122.